The molecule has 108 valence electrons. The second-order valence-electron chi connectivity index (χ2n) is 4.18. The van der Waals surface area contributed by atoms with Gasteiger partial charge >= 0.3 is 12.3 Å². The quantitative estimate of drug-likeness (QED) is 0.769. The third kappa shape index (κ3) is 4.38. The Kier molecular flexibility index (Phi) is 5.60. The van der Waals surface area contributed by atoms with Gasteiger partial charge < -0.3 is 10.1 Å². The van der Waals surface area contributed by atoms with Crippen LogP contribution in [0.5, 0.6) is 5.75 Å². The van der Waals surface area contributed by atoms with Crippen molar-refractivity contribution in [2.45, 2.75) is 31.7 Å². The van der Waals surface area contributed by atoms with E-state index in [1.54, 1.807) is 31.2 Å². The first kappa shape index (κ1) is 15.8. The highest BCUT2D eigenvalue weighted by Crippen LogP contribution is 2.25. The largest absolute Gasteiger partial charge is 0.497 e. The summed E-state index contributed by atoms with van der Waals surface area (Å²) in [6.07, 6.45) is -3.14. The molecule has 0 spiro atoms. The van der Waals surface area contributed by atoms with E-state index in [1.165, 1.54) is 7.11 Å². The van der Waals surface area contributed by atoms with Crippen molar-refractivity contribution in [3.8, 4) is 5.75 Å². The molecule has 0 radical (unpaired) electrons. The number of benzene rings is 1. The summed E-state index contributed by atoms with van der Waals surface area (Å²) in [7, 11) is 1.52. The van der Waals surface area contributed by atoms with E-state index in [4.69, 9.17) is 4.74 Å². The molecule has 0 heterocycles. The number of rotatable bonds is 7. The van der Waals surface area contributed by atoms with Gasteiger partial charge in [-0.1, -0.05) is 19.1 Å². The molecule has 2 nitrogen and oxygen atoms in total. The molecule has 1 unspecified atom stereocenters. The van der Waals surface area contributed by atoms with Crippen LogP contribution in [0.2, 0.25) is 0 Å². The predicted octanol–water partition coefficient (Wildman–Crippen LogP) is 3.64. The van der Waals surface area contributed by atoms with Gasteiger partial charge in [0.1, 0.15) is 5.75 Å². The lowest BCUT2D eigenvalue weighted by Gasteiger charge is -2.22. The molecule has 1 aromatic rings. The Bertz CT molecular complexity index is 381. The average Bonchev–Trinajstić information content (AvgIpc) is 2.40. The summed E-state index contributed by atoms with van der Waals surface area (Å²) in [5.74, 6) is -3.36. The third-order valence-corrected chi connectivity index (χ3v) is 2.83. The standard InChI is InChI=1S/C13H17F4NO/c1-3-11(18-8-13(16,17)12(14)15)9-4-6-10(19-2)7-5-9/h4-7,11-12,18H,3,8H2,1-2H3. The first-order chi connectivity index (χ1) is 8.90. The van der Waals surface area contributed by atoms with Crippen LogP contribution in [0.25, 0.3) is 0 Å². The van der Waals surface area contributed by atoms with E-state index < -0.39 is 24.9 Å². The second-order valence-corrected chi connectivity index (χ2v) is 4.18. The maximum Gasteiger partial charge on any atom is 0.319 e. The van der Waals surface area contributed by atoms with Gasteiger partial charge in [0.25, 0.3) is 0 Å². The number of methoxy groups -OCH3 is 1. The molecule has 0 bridgehead atoms. The van der Waals surface area contributed by atoms with Crippen molar-refractivity contribution in [2.75, 3.05) is 13.7 Å². The first-order valence-corrected chi connectivity index (χ1v) is 5.94. The highest BCUT2D eigenvalue weighted by molar-refractivity contribution is 5.29. The van der Waals surface area contributed by atoms with Crippen molar-refractivity contribution in [1.29, 1.82) is 0 Å². The zero-order valence-electron chi connectivity index (χ0n) is 10.8. The van der Waals surface area contributed by atoms with Crippen LogP contribution in [0.15, 0.2) is 24.3 Å². The van der Waals surface area contributed by atoms with Gasteiger partial charge in [-0.25, -0.2) is 8.78 Å². The Morgan fingerprint density at radius 2 is 1.79 bits per heavy atom. The molecule has 1 N–H and O–H groups in total. The van der Waals surface area contributed by atoms with E-state index in [2.05, 4.69) is 5.32 Å². The predicted molar refractivity (Wildman–Crippen MR) is 65.0 cm³/mol. The maximum atomic E-state index is 12.8. The van der Waals surface area contributed by atoms with E-state index in [0.29, 0.717) is 12.2 Å². The van der Waals surface area contributed by atoms with Crippen LogP contribution < -0.4 is 10.1 Å². The van der Waals surface area contributed by atoms with Crippen molar-refractivity contribution >= 4 is 0 Å². The highest BCUT2D eigenvalue weighted by atomic mass is 19.3. The average molecular weight is 279 g/mol. The molecular weight excluding hydrogens is 262 g/mol. The Morgan fingerprint density at radius 3 is 2.21 bits per heavy atom. The smallest absolute Gasteiger partial charge is 0.319 e. The Labute approximate surface area is 109 Å². The summed E-state index contributed by atoms with van der Waals surface area (Å²) in [6.45, 7) is 0.748. The number of halogens is 4. The van der Waals surface area contributed by atoms with Crippen molar-refractivity contribution in [1.82, 2.24) is 5.32 Å². The molecule has 0 aliphatic heterocycles. The molecule has 0 saturated heterocycles. The maximum absolute atomic E-state index is 12.8. The fourth-order valence-corrected chi connectivity index (χ4v) is 1.67. The zero-order chi connectivity index (χ0) is 14.5. The topological polar surface area (TPSA) is 21.3 Å². The SMILES string of the molecule is CCC(NCC(F)(F)C(F)F)c1ccc(OC)cc1. The molecule has 0 fully saturated rings. The normalized spacial score (nSPS) is 13.6. The van der Waals surface area contributed by atoms with Crippen LogP contribution >= 0.6 is 0 Å². The molecule has 6 heteroatoms. The summed E-state index contributed by atoms with van der Waals surface area (Å²) in [5.41, 5.74) is 0.758. The zero-order valence-corrected chi connectivity index (χ0v) is 10.8. The fraction of sp³-hybridized carbons (Fsp3) is 0.538. The van der Waals surface area contributed by atoms with Gasteiger partial charge in [0.2, 0.25) is 0 Å². The summed E-state index contributed by atoms with van der Waals surface area (Å²) < 4.78 is 54.8. The summed E-state index contributed by atoms with van der Waals surface area (Å²) in [4.78, 5) is 0. The molecule has 0 aromatic heterocycles. The summed E-state index contributed by atoms with van der Waals surface area (Å²) >= 11 is 0. The molecule has 1 aromatic carbocycles. The molecule has 0 amide bonds. The van der Waals surface area contributed by atoms with Crippen LogP contribution in [0.3, 0.4) is 0 Å². The van der Waals surface area contributed by atoms with Crippen LogP contribution in [-0.2, 0) is 0 Å². The fourth-order valence-electron chi connectivity index (χ4n) is 1.67. The minimum atomic E-state index is -4.01. The van der Waals surface area contributed by atoms with Gasteiger partial charge in [0.15, 0.2) is 0 Å². The lowest BCUT2D eigenvalue weighted by Crippen LogP contribution is -2.40. The first-order valence-electron chi connectivity index (χ1n) is 5.94. The summed E-state index contributed by atoms with van der Waals surface area (Å²) in [6, 6.07) is 6.45. The van der Waals surface area contributed by atoms with Gasteiger partial charge in [-0.3, -0.25) is 0 Å². The minimum absolute atomic E-state index is 0.393. The molecule has 0 aliphatic carbocycles. The number of hydrogen-bond donors (Lipinski definition) is 1. The van der Waals surface area contributed by atoms with Crippen molar-refractivity contribution in [2.24, 2.45) is 0 Å². The van der Waals surface area contributed by atoms with Gasteiger partial charge in [-0.15, -0.1) is 0 Å². The summed E-state index contributed by atoms with van der Waals surface area (Å²) in [5, 5.41) is 2.47. The Morgan fingerprint density at radius 1 is 1.21 bits per heavy atom. The van der Waals surface area contributed by atoms with Crippen molar-refractivity contribution in [3.05, 3.63) is 29.8 Å². The second kappa shape index (κ2) is 6.75. The third-order valence-electron chi connectivity index (χ3n) is 2.83. The van der Waals surface area contributed by atoms with E-state index in [-0.39, 0.29) is 0 Å². The van der Waals surface area contributed by atoms with Crippen LogP contribution in [0.1, 0.15) is 24.9 Å². The van der Waals surface area contributed by atoms with Crippen LogP contribution in [0.4, 0.5) is 17.6 Å². The van der Waals surface area contributed by atoms with E-state index >= 15 is 0 Å². The highest BCUT2D eigenvalue weighted by Gasteiger charge is 2.40. The van der Waals surface area contributed by atoms with E-state index in [9.17, 15) is 17.6 Å². The lowest BCUT2D eigenvalue weighted by atomic mass is 10.0. The molecule has 0 aliphatic rings. The van der Waals surface area contributed by atoms with E-state index in [1.807, 2.05) is 0 Å². The van der Waals surface area contributed by atoms with Crippen molar-refractivity contribution in [3.63, 3.8) is 0 Å². The van der Waals surface area contributed by atoms with Gasteiger partial charge in [0, 0.05) is 6.04 Å². The Hall–Kier alpha value is -1.30. The molecular formula is C13H17F4NO. The molecule has 1 rings (SSSR count). The Balaban J connectivity index is 2.67. The number of alkyl halides is 4. The minimum Gasteiger partial charge on any atom is -0.497 e. The number of hydrogen-bond acceptors (Lipinski definition) is 2. The van der Waals surface area contributed by atoms with Crippen LogP contribution in [-0.4, -0.2) is 26.0 Å². The van der Waals surface area contributed by atoms with Crippen molar-refractivity contribution < 1.29 is 22.3 Å². The molecule has 19 heavy (non-hydrogen) atoms. The lowest BCUT2D eigenvalue weighted by molar-refractivity contribution is -0.126. The monoisotopic (exact) mass is 279 g/mol. The van der Waals surface area contributed by atoms with Gasteiger partial charge in [-0.05, 0) is 24.1 Å². The molecule has 1 atom stereocenters. The van der Waals surface area contributed by atoms with E-state index in [0.717, 1.165) is 5.56 Å². The van der Waals surface area contributed by atoms with Gasteiger partial charge in [-0.2, -0.15) is 8.78 Å². The van der Waals surface area contributed by atoms with Crippen LogP contribution in [0, 0.1) is 0 Å². The van der Waals surface area contributed by atoms with Gasteiger partial charge in [0.05, 0.1) is 13.7 Å². The number of ether oxygens (including phenoxy) is 1. The molecule has 0 saturated carbocycles. The number of nitrogens with one attached hydrogen (secondary N) is 1.